The molecule has 1 aromatic carbocycles. The predicted molar refractivity (Wildman–Crippen MR) is 95.8 cm³/mol. The van der Waals surface area contributed by atoms with Gasteiger partial charge < -0.3 is 20.1 Å². The van der Waals surface area contributed by atoms with Crippen molar-refractivity contribution in [2.75, 3.05) is 19.8 Å². The Morgan fingerprint density at radius 1 is 1.38 bits per heavy atom. The van der Waals surface area contributed by atoms with Crippen molar-refractivity contribution >= 4 is 18.3 Å². The fraction of sp³-hybridized carbons (Fsp3) is 0.611. The molecular formula is C18H27ClN2O3. The molecule has 1 aromatic rings. The van der Waals surface area contributed by atoms with Crippen LogP contribution in [0.4, 0.5) is 0 Å². The van der Waals surface area contributed by atoms with Crippen LogP contribution in [0.25, 0.3) is 0 Å². The summed E-state index contributed by atoms with van der Waals surface area (Å²) in [6.07, 6.45) is 4.23. The Morgan fingerprint density at radius 3 is 2.96 bits per heavy atom. The normalized spacial score (nSPS) is 23.4. The Hall–Kier alpha value is -1.30. The molecule has 0 saturated carbocycles. The van der Waals surface area contributed by atoms with Gasteiger partial charge in [0.1, 0.15) is 11.9 Å². The molecule has 1 amide bonds. The van der Waals surface area contributed by atoms with Crippen molar-refractivity contribution in [3.8, 4) is 5.75 Å². The first kappa shape index (κ1) is 19.0. The number of hydrogen-bond donors (Lipinski definition) is 2. The van der Waals surface area contributed by atoms with Gasteiger partial charge in [-0.1, -0.05) is 18.6 Å². The quantitative estimate of drug-likeness (QED) is 0.852. The van der Waals surface area contributed by atoms with Gasteiger partial charge in [0.25, 0.3) is 0 Å². The van der Waals surface area contributed by atoms with E-state index in [2.05, 4.69) is 16.7 Å². The minimum atomic E-state index is -0.0539. The smallest absolute Gasteiger partial charge is 0.237 e. The molecule has 3 rings (SSSR count). The van der Waals surface area contributed by atoms with Crippen molar-refractivity contribution in [2.45, 2.75) is 51.3 Å². The molecule has 0 radical (unpaired) electrons. The van der Waals surface area contributed by atoms with Crippen molar-refractivity contribution in [3.63, 3.8) is 0 Å². The number of amides is 1. The highest BCUT2D eigenvalue weighted by Crippen LogP contribution is 2.24. The van der Waals surface area contributed by atoms with E-state index in [9.17, 15) is 4.79 Å². The molecule has 0 spiro atoms. The molecule has 6 heteroatoms. The zero-order chi connectivity index (χ0) is 16.1. The third kappa shape index (κ3) is 5.10. The lowest BCUT2D eigenvalue weighted by Crippen LogP contribution is -2.46. The Kier molecular flexibility index (Phi) is 7.34. The second-order valence-electron chi connectivity index (χ2n) is 6.43. The van der Waals surface area contributed by atoms with Gasteiger partial charge in [-0.05, 0) is 37.9 Å². The van der Waals surface area contributed by atoms with Crippen LogP contribution in [-0.2, 0) is 16.1 Å². The first-order valence-corrected chi connectivity index (χ1v) is 8.57. The average Bonchev–Trinajstić information content (AvgIpc) is 3.08. The lowest BCUT2D eigenvalue weighted by Gasteiger charge is -2.23. The van der Waals surface area contributed by atoms with Crippen LogP contribution in [0.1, 0.15) is 36.8 Å². The summed E-state index contributed by atoms with van der Waals surface area (Å²) in [6, 6.07) is 6.08. The van der Waals surface area contributed by atoms with Gasteiger partial charge in [0, 0.05) is 18.5 Å². The summed E-state index contributed by atoms with van der Waals surface area (Å²) in [5.41, 5.74) is 2.18. The van der Waals surface area contributed by atoms with Crippen molar-refractivity contribution in [1.29, 1.82) is 0 Å². The number of hydrogen-bond acceptors (Lipinski definition) is 4. The number of benzene rings is 1. The SMILES string of the molecule is Cc1ccc(CNC(=O)C2CCCCN2)c(OC2CCOC2)c1.Cl. The molecule has 2 fully saturated rings. The Balaban J connectivity index is 0.00000208. The summed E-state index contributed by atoms with van der Waals surface area (Å²) in [4.78, 5) is 12.3. The van der Waals surface area contributed by atoms with E-state index in [1.54, 1.807) is 0 Å². The van der Waals surface area contributed by atoms with Crippen molar-refractivity contribution < 1.29 is 14.3 Å². The number of carbonyl (C=O) groups excluding carboxylic acids is 1. The van der Waals surface area contributed by atoms with E-state index in [-0.39, 0.29) is 30.5 Å². The van der Waals surface area contributed by atoms with E-state index in [1.807, 2.05) is 19.1 Å². The highest BCUT2D eigenvalue weighted by Gasteiger charge is 2.21. The number of carbonyl (C=O) groups is 1. The van der Waals surface area contributed by atoms with Gasteiger partial charge in [0.2, 0.25) is 5.91 Å². The van der Waals surface area contributed by atoms with E-state index in [0.717, 1.165) is 55.7 Å². The summed E-state index contributed by atoms with van der Waals surface area (Å²) in [5, 5.41) is 6.32. The van der Waals surface area contributed by atoms with Crippen LogP contribution in [0.5, 0.6) is 5.75 Å². The Labute approximate surface area is 149 Å². The standard InChI is InChI=1S/C18H26N2O3.ClH/c1-13-5-6-14(17(10-13)23-15-7-9-22-12-15)11-20-18(21)16-4-2-3-8-19-16;/h5-6,10,15-16,19H,2-4,7-9,11-12H2,1H3,(H,20,21);1H. The molecule has 2 atom stereocenters. The number of ether oxygens (including phenoxy) is 2. The zero-order valence-corrected chi connectivity index (χ0v) is 15.0. The van der Waals surface area contributed by atoms with Crippen LogP contribution in [0.15, 0.2) is 18.2 Å². The maximum absolute atomic E-state index is 12.3. The van der Waals surface area contributed by atoms with Crippen molar-refractivity contribution in [1.82, 2.24) is 10.6 Å². The third-order valence-electron chi connectivity index (χ3n) is 4.48. The Morgan fingerprint density at radius 2 is 2.25 bits per heavy atom. The van der Waals surface area contributed by atoms with Gasteiger partial charge in [-0.15, -0.1) is 12.4 Å². The highest BCUT2D eigenvalue weighted by molar-refractivity contribution is 5.85. The summed E-state index contributed by atoms with van der Waals surface area (Å²) >= 11 is 0. The third-order valence-corrected chi connectivity index (χ3v) is 4.48. The molecule has 2 unspecified atom stereocenters. The first-order chi connectivity index (χ1) is 11.2. The lowest BCUT2D eigenvalue weighted by molar-refractivity contribution is -0.123. The molecule has 2 aliphatic heterocycles. The fourth-order valence-corrected chi connectivity index (χ4v) is 3.08. The fourth-order valence-electron chi connectivity index (χ4n) is 3.08. The number of halogens is 1. The van der Waals surface area contributed by atoms with Crippen LogP contribution in [0.2, 0.25) is 0 Å². The van der Waals surface area contributed by atoms with Crippen LogP contribution in [-0.4, -0.2) is 37.8 Å². The molecular weight excluding hydrogens is 328 g/mol. The minimum absolute atomic E-state index is 0. The predicted octanol–water partition coefficient (Wildman–Crippen LogP) is 2.34. The molecule has 0 aliphatic carbocycles. The summed E-state index contributed by atoms with van der Waals surface area (Å²) in [7, 11) is 0. The molecule has 0 bridgehead atoms. The van der Waals surface area contributed by atoms with E-state index in [4.69, 9.17) is 9.47 Å². The molecule has 2 N–H and O–H groups in total. The second-order valence-corrected chi connectivity index (χ2v) is 6.43. The zero-order valence-electron chi connectivity index (χ0n) is 14.2. The van der Waals surface area contributed by atoms with E-state index < -0.39 is 0 Å². The molecule has 5 nitrogen and oxygen atoms in total. The van der Waals surface area contributed by atoms with Gasteiger partial charge in [-0.3, -0.25) is 4.79 Å². The van der Waals surface area contributed by atoms with Crippen LogP contribution in [0, 0.1) is 6.92 Å². The molecule has 0 aromatic heterocycles. The topological polar surface area (TPSA) is 59.6 Å². The number of aryl methyl sites for hydroxylation is 1. The van der Waals surface area contributed by atoms with Crippen LogP contribution >= 0.6 is 12.4 Å². The molecule has 2 saturated heterocycles. The summed E-state index contributed by atoms with van der Waals surface area (Å²) in [5.74, 6) is 0.942. The molecule has 24 heavy (non-hydrogen) atoms. The number of piperidine rings is 1. The lowest BCUT2D eigenvalue weighted by atomic mass is 10.0. The summed E-state index contributed by atoms with van der Waals surface area (Å²) < 4.78 is 11.4. The summed E-state index contributed by atoms with van der Waals surface area (Å²) in [6.45, 7) is 4.88. The maximum Gasteiger partial charge on any atom is 0.237 e. The average molecular weight is 355 g/mol. The van der Waals surface area contributed by atoms with E-state index in [0.29, 0.717) is 13.2 Å². The van der Waals surface area contributed by atoms with Gasteiger partial charge in [0.05, 0.1) is 19.3 Å². The molecule has 2 heterocycles. The van der Waals surface area contributed by atoms with E-state index >= 15 is 0 Å². The first-order valence-electron chi connectivity index (χ1n) is 8.57. The van der Waals surface area contributed by atoms with Crippen LogP contribution in [0.3, 0.4) is 0 Å². The van der Waals surface area contributed by atoms with Gasteiger partial charge in [-0.25, -0.2) is 0 Å². The van der Waals surface area contributed by atoms with E-state index in [1.165, 1.54) is 0 Å². The van der Waals surface area contributed by atoms with Crippen LogP contribution < -0.4 is 15.4 Å². The monoisotopic (exact) mass is 354 g/mol. The molecule has 2 aliphatic rings. The van der Waals surface area contributed by atoms with Crippen molar-refractivity contribution in [3.05, 3.63) is 29.3 Å². The number of nitrogens with one attached hydrogen (secondary N) is 2. The van der Waals surface area contributed by atoms with Gasteiger partial charge in [0.15, 0.2) is 0 Å². The van der Waals surface area contributed by atoms with Crippen molar-refractivity contribution in [2.24, 2.45) is 0 Å². The Bertz CT molecular complexity index is 541. The largest absolute Gasteiger partial charge is 0.488 e. The maximum atomic E-state index is 12.3. The van der Waals surface area contributed by atoms with Gasteiger partial charge >= 0.3 is 0 Å². The number of rotatable bonds is 5. The minimum Gasteiger partial charge on any atom is -0.488 e. The highest BCUT2D eigenvalue weighted by atomic mass is 35.5. The van der Waals surface area contributed by atoms with Gasteiger partial charge in [-0.2, -0.15) is 0 Å². The second kappa shape index (κ2) is 9.25. The molecule has 134 valence electrons.